The van der Waals surface area contributed by atoms with E-state index in [4.69, 9.17) is 9.57 Å². The van der Waals surface area contributed by atoms with Crippen molar-refractivity contribution in [3.05, 3.63) is 81.8 Å². The van der Waals surface area contributed by atoms with E-state index in [0.29, 0.717) is 22.7 Å². The first kappa shape index (κ1) is 21.5. The van der Waals surface area contributed by atoms with Crippen molar-refractivity contribution in [1.29, 1.82) is 0 Å². The Morgan fingerprint density at radius 2 is 1.77 bits per heavy atom. The zero-order valence-corrected chi connectivity index (χ0v) is 16.4. The van der Waals surface area contributed by atoms with Crippen LogP contribution >= 0.6 is 11.3 Å². The first-order valence-electron chi connectivity index (χ1n) is 8.86. The minimum atomic E-state index is -4.35. The van der Waals surface area contributed by atoms with Crippen molar-refractivity contribution in [1.82, 2.24) is 4.98 Å². The lowest BCUT2D eigenvalue weighted by atomic mass is 10.1. The number of alkyl halides is 3. The summed E-state index contributed by atoms with van der Waals surface area (Å²) in [5.74, 6) is 0.394. The molecule has 156 valence electrons. The second kappa shape index (κ2) is 10.0. The molecule has 0 saturated heterocycles. The third-order valence-corrected chi connectivity index (χ3v) is 4.77. The molecule has 3 aromatic rings. The van der Waals surface area contributed by atoms with Crippen LogP contribution in [0, 0.1) is 0 Å². The summed E-state index contributed by atoms with van der Waals surface area (Å²) in [5, 5.41) is 5.96. The largest absolute Gasteiger partial charge is 0.485 e. The van der Waals surface area contributed by atoms with Crippen LogP contribution in [-0.2, 0) is 24.0 Å². The molecule has 0 aliphatic carbocycles. The fourth-order valence-corrected chi connectivity index (χ4v) is 2.95. The second-order valence-electron chi connectivity index (χ2n) is 6.15. The fourth-order valence-electron chi connectivity index (χ4n) is 2.39. The zero-order valence-electron chi connectivity index (χ0n) is 15.6. The summed E-state index contributed by atoms with van der Waals surface area (Å²) in [7, 11) is 0. The molecule has 0 aliphatic rings. The number of thiazole rings is 1. The number of rotatable bonds is 9. The molecule has 9 heteroatoms. The highest BCUT2D eigenvalue weighted by atomic mass is 32.1. The number of hydrogen-bond donors (Lipinski definition) is 0. The number of benzene rings is 2. The maximum Gasteiger partial charge on any atom is 0.416 e. The van der Waals surface area contributed by atoms with Crippen molar-refractivity contribution in [3.63, 3.8) is 0 Å². The minimum absolute atomic E-state index is 0.0773. The summed E-state index contributed by atoms with van der Waals surface area (Å²) >= 11 is 1.27. The van der Waals surface area contributed by atoms with Gasteiger partial charge in [0.2, 0.25) is 5.78 Å². The third kappa shape index (κ3) is 6.41. The van der Waals surface area contributed by atoms with Crippen LogP contribution < -0.4 is 4.74 Å². The van der Waals surface area contributed by atoms with E-state index in [2.05, 4.69) is 10.1 Å². The number of Topliss-reactive ketones (excluding diaryl/α,β-unsaturated/α-hetero) is 1. The van der Waals surface area contributed by atoms with Crippen LogP contribution in [0.25, 0.3) is 0 Å². The highest BCUT2D eigenvalue weighted by molar-refractivity contribution is 7.11. The van der Waals surface area contributed by atoms with Gasteiger partial charge >= 0.3 is 6.18 Å². The summed E-state index contributed by atoms with van der Waals surface area (Å²) in [5.41, 5.74) is 0.846. The molecule has 0 saturated carbocycles. The molecule has 1 aromatic heterocycles. The number of carbonyl (C=O) groups is 1. The predicted octanol–water partition coefficient (Wildman–Crippen LogP) is 5.17. The molecule has 0 amide bonds. The van der Waals surface area contributed by atoms with Gasteiger partial charge < -0.3 is 9.57 Å². The van der Waals surface area contributed by atoms with Gasteiger partial charge in [0.15, 0.2) is 11.6 Å². The van der Waals surface area contributed by atoms with Crippen LogP contribution in [0.2, 0.25) is 0 Å². The third-order valence-electron chi connectivity index (χ3n) is 3.95. The quantitative estimate of drug-likeness (QED) is 0.265. The lowest BCUT2D eigenvalue weighted by Gasteiger charge is -2.07. The molecular formula is C21H17F3N2O3S. The minimum Gasteiger partial charge on any atom is -0.485 e. The van der Waals surface area contributed by atoms with Gasteiger partial charge in [0.25, 0.3) is 0 Å². The Balaban J connectivity index is 1.39. The monoisotopic (exact) mass is 434 g/mol. The summed E-state index contributed by atoms with van der Waals surface area (Å²) in [6, 6.07) is 11.9. The summed E-state index contributed by atoms with van der Waals surface area (Å²) in [6.45, 7) is 0.000644. The van der Waals surface area contributed by atoms with Gasteiger partial charge in [-0.1, -0.05) is 29.4 Å². The SMILES string of the molecule is O=C(COc1ccc(CC=NOCc2ccc(C(F)(F)F)cc2)cc1)c1nccs1. The Morgan fingerprint density at radius 1 is 1.07 bits per heavy atom. The number of aromatic nitrogens is 1. The first-order valence-corrected chi connectivity index (χ1v) is 9.74. The van der Waals surface area contributed by atoms with Gasteiger partial charge in [-0.3, -0.25) is 4.79 Å². The summed E-state index contributed by atoms with van der Waals surface area (Å²) in [4.78, 5) is 20.9. The Bertz CT molecular complexity index is 970. The van der Waals surface area contributed by atoms with Crippen molar-refractivity contribution < 1.29 is 27.5 Å². The lowest BCUT2D eigenvalue weighted by molar-refractivity contribution is -0.137. The van der Waals surface area contributed by atoms with Gasteiger partial charge in [0.05, 0.1) is 5.56 Å². The van der Waals surface area contributed by atoms with E-state index in [0.717, 1.165) is 17.7 Å². The zero-order chi connectivity index (χ0) is 21.4. The Kier molecular flexibility index (Phi) is 7.18. The van der Waals surface area contributed by atoms with E-state index in [1.165, 1.54) is 23.5 Å². The predicted molar refractivity (Wildman–Crippen MR) is 107 cm³/mol. The molecular weight excluding hydrogens is 417 g/mol. The number of hydrogen-bond acceptors (Lipinski definition) is 6. The van der Waals surface area contributed by atoms with Gasteiger partial charge in [-0.2, -0.15) is 13.2 Å². The van der Waals surface area contributed by atoms with Gasteiger partial charge in [0, 0.05) is 24.2 Å². The number of halogens is 3. The molecule has 3 rings (SSSR count). The standard InChI is InChI=1S/C21H17F3N2O3S/c22-21(23,24)17-5-1-16(2-6-17)13-29-26-10-9-15-3-7-18(8-4-15)28-14-19(27)20-25-11-12-30-20/h1-8,10-12H,9,13-14H2. The molecule has 0 unspecified atom stereocenters. The van der Waals surface area contributed by atoms with E-state index >= 15 is 0 Å². The second-order valence-corrected chi connectivity index (χ2v) is 7.05. The summed E-state index contributed by atoms with van der Waals surface area (Å²) < 4.78 is 43.0. The van der Waals surface area contributed by atoms with E-state index < -0.39 is 11.7 Å². The van der Waals surface area contributed by atoms with Gasteiger partial charge in [0.1, 0.15) is 12.4 Å². The smallest absolute Gasteiger partial charge is 0.416 e. The highest BCUT2D eigenvalue weighted by Crippen LogP contribution is 2.29. The number of carbonyl (C=O) groups excluding carboxylic acids is 1. The van der Waals surface area contributed by atoms with Crippen LogP contribution in [0.4, 0.5) is 13.2 Å². The lowest BCUT2D eigenvalue weighted by Crippen LogP contribution is -2.11. The number of nitrogens with zero attached hydrogens (tertiary/aromatic N) is 2. The van der Waals surface area contributed by atoms with Gasteiger partial charge in [-0.25, -0.2) is 4.98 Å². The topological polar surface area (TPSA) is 60.8 Å². The van der Waals surface area contributed by atoms with Crippen LogP contribution in [0.3, 0.4) is 0 Å². The van der Waals surface area contributed by atoms with E-state index in [-0.39, 0.29) is 19.0 Å². The number of ketones is 1. The fraction of sp³-hybridized carbons (Fsp3) is 0.190. The Hall–Kier alpha value is -3.20. The van der Waals surface area contributed by atoms with Crippen LogP contribution in [0.1, 0.15) is 26.5 Å². The molecule has 0 fully saturated rings. The van der Waals surface area contributed by atoms with Crippen molar-refractivity contribution in [2.75, 3.05) is 6.61 Å². The van der Waals surface area contributed by atoms with Gasteiger partial charge in [-0.15, -0.1) is 11.3 Å². The molecule has 0 spiro atoms. The molecule has 0 aliphatic heterocycles. The maximum absolute atomic E-state index is 12.5. The number of ether oxygens (including phenoxy) is 1. The molecule has 0 atom stereocenters. The van der Waals surface area contributed by atoms with Crippen molar-refractivity contribution >= 4 is 23.3 Å². The average Bonchev–Trinajstić information content (AvgIpc) is 3.27. The van der Waals surface area contributed by atoms with Crippen LogP contribution in [0.15, 0.2) is 65.3 Å². The summed E-state index contributed by atoms with van der Waals surface area (Å²) in [6.07, 6.45) is -0.715. The molecule has 0 bridgehead atoms. The highest BCUT2D eigenvalue weighted by Gasteiger charge is 2.29. The first-order chi connectivity index (χ1) is 14.4. The Labute approximate surface area is 174 Å². The van der Waals surface area contributed by atoms with Crippen LogP contribution in [0.5, 0.6) is 5.75 Å². The molecule has 30 heavy (non-hydrogen) atoms. The van der Waals surface area contributed by atoms with Crippen molar-refractivity contribution in [2.45, 2.75) is 19.2 Å². The number of oxime groups is 1. The van der Waals surface area contributed by atoms with E-state index in [1.54, 1.807) is 29.9 Å². The Morgan fingerprint density at radius 3 is 2.40 bits per heavy atom. The van der Waals surface area contributed by atoms with Crippen LogP contribution in [-0.4, -0.2) is 23.6 Å². The van der Waals surface area contributed by atoms with E-state index in [9.17, 15) is 18.0 Å². The molecule has 2 aromatic carbocycles. The van der Waals surface area contributed by atoms with E-state index in [1.807, 2.05) is 12.1 Å². The van der Waals surface area contributed by atoms with Crippen molar-refractivity contribution in [2.24, 2.45) is 5.16 Å². The average molecular weight is 434 g/mol. The molecule has 5 nitrogen and oxygen atoms in total. The van der Waals surface area contributed by atoms with Gasteiger partial charge in [-0.05, 0) is 35.4 Å². The molecule has 0 N–H and O–H groups in total. The normalized spacial score (nSPS) is 11.6. The maximum atomic E-state index is 12.5. The molecule has 0 radical (unpaired) electrons. The molecule has 1 heterocycles. The van der Waals surface area contributed by atoms with Crippen molar-refractivity contribution in [3.8, 4) is 5.75 Å².